The molecule has 0 unspecified atom stereocenters. The largest absolute Gasteiger partial charge is 0.347 e. The predicted octanol–water partition coefficient (Wildman–Crippen LogP) is 0.576. The molecule has 0 bridgehead atoms. The molecule has 120 valence electrons. The maximum Gasteiger partial charge on any atom is 0.336 e. The highest BCUT2D eigenvalue weighted by atomic mass is 16.2. The molecular weight excluding hydrogens is 294 g/mol. The number of likely N-dealkylation sites (N-methyl/N-ethyl adjacent to an activating group) is 1. The number of rotatable bonds is 3. The Kier molecular flexibility index (Phi) is 3.90. The third-order valence-electron chi connectivity index (χ3n) is 4.20. The van der Waals surface area contributed by atoms with Gasteiger partial charge in [0, 0.05) is 25.4 Å². The first kappa shape index (κ1) is 15.3. The van der Waals surface area contributed by atoms with Crippen LogP contribution >= 0.6 is 0 Å². The first-order valence-electron chi connectivity index (χ1n) is 7.64. The minimum absolute atomic E-state index is 0.0404. The summed E-state index contributed by atoms with van der Waals surface area (Å²) in [5.74, 6) is -0.167. The van der Waals surface area contributed by atoms with Crippen LogP contribution in [0, 0.1) is 0 Å². The molecule has 1 aromatic heterocycles. The number of amides is 1. The van der Waals surface area contributed by atoms with Crippen LogP contribution in [0.4, 0.5) is 0 Å². The van der Waals surface area contributed by atoms with Crippen molar-refractivity contribution in [3.8, 4) is 5.69 Å². The SMILES string of the molecule is CN(C)C(=O)Cn1c2c(c(=O)n(-c3ccccc3)c1=O)CCC2. The van der Waals surface area contributed by atoms with E-state index in [0.29, 0.717) is 29.8 Å². The number of carbonyl (C=O) groups excluding carboxylic acids is 1. The predicted molar refractivity (Wildman–Crippen MR) is 87.0 cm³/mol. The quantitative estimate of drug-likeness (QED) is 0.832. The average Bonchev–Trinajstić information content (AvgIpc) is 3.02. The second-order valence-electron chi connectivity index (χ2n) is 5.91. The fourth-order valence-corrected chi connectivity index (χ4v) is 2.96. The lowest BCUT2D eigenvalue weighted by atomic mass is 10.2. The number of fused-ring (bicyclic) bond motifs is 1. The molecule has 0 aliphatic heterocycles. The number of nitrogens with zero attached hydrogens (tertiary/aromatic N) is 3. The van der Waals surface area contributed by atoms with E-state index in [1.54, 1.807) is 38.4 Å². The maximum atomic E-state index is 12.9. The van der Waals surface area contributed by atoms with E-state index in [4.69, 9.17) is 0 Å². The molecule has 0 spiro atoms. The normalized spacial score (nSPS) is 13.0. The molecule has 1 aliphatic rings. The monoisotopic (exact) mass is 313 g/mol. The van der Waals surface area contributed by atoms with Crippen molar-refractivity contribution < 1.29 is 4.79 Å². The zero-order valence-corrected chi connectivity index (χ0v) is 13.3. The summed E-state index contributed by atoms with van der Waals surface area (Å²) in [5, 5.41) is 0. The van der Waals surface area contributed by atoms with E-state index in [9.17, 15) is 14.4 Å². The summed E-state index contributed by atoms with van der Waals surface area (Å²) in [4.78, 5) is 39.1. The Morgan fingerprint density at radius 2 is 1.83 bits per heavy atom. The van der Waals surface area contributed by atoms with Gasteiger partial charge in [-0.15, -0.1) is 0 Å². The van der Waals surface area contributed by atoms with Gasteiger partial charge in [-0.3, -0.25) is 14.2 Å². The van der Waals surface area contributed by atoms with Crippen LogP contribution < -0.4 is 11.2 Å². The number of carbonyl (C=O) groups is 1. The Hall–Kier alpha value is -2.63. The fourth-order valence-electron chi connectivity index (χ4n) is 2.96. The number of aromatic nitrogens is 2. The van der Waals surface area contributed by atoms with Crippen molar-refractivity contribution in [2.45, 2.75) is 25.8 Å². The first-order valence-corrected chi connectivity index (χ1v) is 7.64. The molecule has 1 amide bonds. The molecule has 23 heavy (non-hydrogen) atoms. The van der Waals surface area contributed by atoms with Gasteiger partial charge in [-0.1, -0.05) is 18.2 Å². The molecule has 2 aromatic rings. The van der Waals surface area contributed by atoms with E-state index < -0.39 is 5.69 Å². The van der Waals surface area contributed by atoms with Crippen molar-refractivity contribution in [1.82, 2.24) is 14.0 Å². The molecule has 1 heterocycles. The van der Waals surface area contributed by atoms with Crippen molar-refractivity contribution in [3.05, 3.63) is 62.4 Å². The topological polar surface area (TPSA) is 64.3 Å². The van der Waals surface area contributed by atoms with E-state index in [1.165, 1.54) is 14.0 Å². The van der Waals surface area contributed by atoms with Crippen LogP contribution in [-0.2, 0) is 24.2 Å². The molecule has 3 rings (SSSR count). The number of para-hydroxylation sites is 1. The van der Waals surface area contributed by atoms with Gasteiger partial charge in [-0.2, -0.15) is 0 Å². The lowest BCUT2D eigenvalue weighted by molar-refractivity contribution is -0.129. The van der Waals surface area contributed by atoms with Gasteiger partial charge in [-0.25, -0.2) is 9.36 Å². The first-order chi connectivity index (χ1) is 11.0. The minimum atomic E-state index is -0.447. The lowest BCUT2D eigenvalue weighted by Gasteiger charge is -2.17. The molecule has 0 saturated carbocycles. The minimum Gasteiger partial charge on any atom is -0.347 e. The molecule has 1 aliphatic carbocycles. The third kappa shape index (κ3) is 2.60. The highest BCUT2D eigenvalue weighted by Crippen LogP contribution is 2.18. The number of hydrogen-bond acceptors (Lipinski definition) is 3. The molecule has 0 fully saturated rings. The van der Waals surface area contributed by atoms with Crippen LogP contribution in [0.3, 0.4) is 0 Å². The maximum absolute atomic E-state index is 12.9. The van der Waals surface area contributed by atoms with Crippen LogP contribution in [0.25, 0.3) is 5.69 Å². The Balaban J connectivity index is 2.25. The molecule has 1 aromatic carbocycles. The van der Waals surface area contributed by atoms with Crippen LogP contribution in [0.1, 0.15) is 17.7 Å². The van der Waals surface area contributed by atoms with Crippen molar-refractivity contribution in [2.24, 2.45) is 0 Å². The molecule has 6 heteroatoms. The van der Waals surface area contributed by atoms with E-state index in [-0.39, 0.29) is 18.0 Å². The highest BCUT2D eigenvalue weighted by Gasteiger charge is 2.24. The molecule has 0 saturated heterocycles. The smallest absolute Gasteiger partial charge is 0.336 e. The van der Waals surface area contributed by atoms with Crippen LogP contribution in [-0.4, -0.2) is 34.0 Å². The van der Waals surface area contributed by atoms with Crippen molar-refractivity contribution >= 4 is 5.91 Å². The summed E-state index contributed by atoms with van der Waals surface area (Å²) in [6.07, 6.45) is 2.15. The molecule has 0 atom stereocenters. The van der Waals surface area contributed by atoms with Gasteiger partial charge in [0.15, 0.2) is 0 Å². The van der Waals surface area contributed by atoms with Crippen molar-refractivity contribution in [2.75, 3.05) is 14.1 Å². The van der Waals surface area contributed by atoms with Crippen molar-refractivity contribution in [3.63, 3.8) is 0 Å². The van der Waals surface area contributed by atoms with Crippen LogP contribution in [0.15, 0.2) is 39.9 Å². The molecule has 0 N–H and O–H groups in total. The fraction of sp³-hybridized carbons (Fsp3) is 0.353. The summed E-state index contributed by atoms with van der Waals surface area (Å²) < 4.78 is 2.63. The molecule has 6 nitrogen and oxygen atoms in total. The second kappa shape index (κ2) is 5.87. The van der Waals surface area contributed by atoms with Crippen molar-refractivity contribution in [1.29, 1.82) is 0 Å². The molecular formula is C17H19N3O3. The van der Waals surface area contributed by atoms with Gasteiger partial charge in [0.25, 0.3) is 5.56 Å². The Labute approximate surface area is 133 Å². The summed E-state index contributed by atoms with van der Waals surface area (Å²) in [5.41, 5.74) is 1.19. The second-order valence-corrected chi connectivity index (χ2v) is 5.91. The summed E-state index contributed by atoms with van der Waals surface area (Å²) >= 11 is 0. The Morgan fingerprint density at radius 1 is 1.13 bits per heavy atom. The van der Waals surface area contributed by atoms with E-state index in [1.807, 2.05) is 6.07 Å². The van der Waals surface area contributed by atoms with E-state index in [2.05, 4.69) is 0 Å². The zero-order chi connectivity index (χ0) is 16.6. The third-order valence-corrected chi connectivity index (χ3v) is 4.20. The standard InChI is InChI=1S/C17H19N3O3/c1-18(2)15(21)11-19-14-10-6-9-13(14)16(22)20(17(19)23)12-7-4-3-5-8-12/h3-5,7-8H,6,9-11H2,1-2H3. The van der Waals surface area contributed by atoms with E-state index in [0.717, 1.165) is 6.42 Å². The van der Waals surface area contributed by atoms with Gasteiger partial charge in [0.1, 0.15) is 6.54 Å². The Morgan fingerprint density at radius 3 is 2.48 bits per heavy atom. The van der Waals surface area contributed by atoms with Crippen LogP contribution in [0.5, 0.6) is 0 Å². The van der Waals surface area contributed by atoms with Gasteiger partial charge in [0.05, 0.1) is 5.69 Å². The molecule has 0 radical (unpaired) electrons. The van der Waals surface area contributed by atoms with Gasteiger partial charge < -0.3 is 4.90 Å². The average molecular weight is 313 g/mol. The summed E-state index contributed by atoms with van der Waals surface area (Å²) in [7, 11) is 3.31. The number of hydrogen-bond donors (Lipinski definition) is 0. The Bertz CT molecular complexity index is 863. The van der Waals surface area contributed by atoms with Gasteiger partial charge >= 0.3 is 5.69 Å². The van der Waals surface area contributed by atoms with Gasteiger partial charge in [0.2, 0.25) is 5.91 Å². The van der Waals surface area contributed by atoms with E-state index >= 15 is 0 Å². The van der Waals surface area contributed by atoms with Crippen LogP contribution in [0.2, 0.25) is 0 Å². The summed E-state index contributed by atoms with van der Waals surface area (Å²) in [6, 6.07) is 8.84. The lowest BCUT2D eigenvalue weighted by Crippen LogP contribution is -2.44. The number of benzene rings is 1. The summed E-state index contributed by atoms with van der Waals surface area (Å²) in [6.45, 7) is -0.0404. The zero-order valence-electron chi connectivity index (χ0n) is 13.3. The highest BCUT2D eigenvalue weighted by molar-refractivity contribution is 5.75. The van der Waals surface area contributed by atoms with Gasteiger partial charge in [-0.05, 0) is 31.4 Å².